The monoisotopic (exact) mass is 353 g/mol. The minimum absolute atomic E-state index is 0.425. The van der Waals surface area contributed by atoms with E-state index >= 15 is 0 Å². The molecule has 0 radical (unpaired) electrons. The van der Waals surface area contributed by atoms with E-state index in [9.17, 15) is 0 Å². The van der Waals surface area contributed by atoms with Crippen molar-refractivity contribution in [2.75, 3.05) is 0 Å². The van der Waals surface area contributed by atoms with Crippen LogP contribution in [-0.2, 0) is 6.61 Å². The Kier molecular flexibility index (Phi) is 5.04. The van der Waals surface area contributed by atoms with Crippen molar-refractivity contribution in [2.24, 2.45) is 5.16 Å². The third-order valence-corrected chi connectivity index (χ3v) is 3.51. The molecule has 0 atom stereocenters. The highest BCUT2D eigenvalue weighted by molar-refractivity contribution is 9.10. The highest BCUT2D eigenvalue weighted by Gasteiger charge is 2.09. The SMILES string of the molecule is Cc1cccc(COc2c(Br)cc(Cl)cc2C=NO)c1. The Morgan fingerprint density at radius 2 is 2.15 bits per heavy atom. The zero-order chi connectivity index (χ0) is 14.5. The molecule has 0 aromatic heterocycles. The summed E-state index contributed by atoms with van der Waals surface area (Å²) in [5.74, 6) is 0.591. The van der Waals surface area contributed by atoms with Gasteiger partial charge in [0.15, 0.2) is 0 Å². The van der Waals surface area contributed by atoms with Crippen molar-refractivity contribution in [1.82, 2.24) is 0 Å². The van der Waals surface area contributed by atoms with Gasteiger partial charge >= 0.3 is 0 Å². The van der Waals surface area contributed by atoms with Crippen LogP contribution in [0.15, 0.2) is 46.0 Å². The standard InChI is InChI=1S/C15H13BrClNO2/c1-10-3-2-4-11(5-10)9-20-15-12(8-18-19)6-13(17)7-14(15)16/h2-8,19H,9H2,1H3. The van der Waals surface area contributed by atoms with Gasteiger partial charge in [0, 0.05) is 10.6 Å². The van der Waals surface area contributed by atoms with Gasteiger partial charge < -0.3 is 9.94 Å². The van der Waals surface area contributed by atoms with Gasteiger partial charge in [0.05, 0.1) is 10.7 Å². The predicted octanol–water partition coefficient (Wildman–Crippen LogP) is 4.80. The summed E-state index contributed by atoms with van der Waals surface area (Å²) in [5, 5.41) is 12.3. The molecule has 0 aliphatic heterocycles. The second kappa shape index (κ2) is 6.77. The molecule has 0 saturated carbocycles. The van der Waals surface area contributed by atoms with Gasteiger partial charge in [-0.05, 0) is 40.5 Å². The molecule has 0 unspecified atom stereocenters. The smallest absolute Gasteiger partial charge is 0.142 e. The van der Waals surface area contributed by atoms with Gasteiger partial charge in [-0.25, -0.2) is 0 Å². The first kappa shape index (κ1) is 14.9. The van der Waals surface area contributed by atoms with Gasteiger partial charge in [0.1, 0.15) is 12.4 Å². The molecule has 2 rings (SSSR count). The number of hydrogen-bond donors (Lipinski definition) is 1. The van der Waals surface area contributed by atoms with Crippen molar-refractivity contribution >= 4 is 33.7 Å². The van der Waals surface area contributed by atoms with Crippen LogP contribution in [0.2, 0.25) is 5.02 Å². The largest absolute Gasteiger partial charge is 0.487 e. The van der Waals surface area contributed by atoms with Gasteiger partial charge in [0.25, 0.3) is 0 Å². The van der Waals surface area contributed by atoms with Gasteiger partial charge in [-0.2, -0.15) is 0 Å². The van der Waals surface area contributed by atoms with Crippen LogP contribution in [0.25, 0.3) is 0 Å². The molecule has 0 aliphatic rings. The lowest BCUT2D eigenvalue weighted by molar-refractivity contribution is 0.302. The fourth-order valence-corrected chi connectivity index (χ4v) is 2.80. The first-order valence-electron chi connectivity index (χ1n) is 5.95. The van der Waals surface area contributed by atoms with E-state index in [-0.39, 0.29) is 0 Å². The molecule has 20 heavy (non-hydrogen) atoms. The van der Waals surface area contributed by atoms with Crippen molar-refractivity contribution < 1.29 is 9.94 Å². The van der Waals surface area contributed by atoms with Crippen molar-refractivity contribution in [1.29, 1.82) is 0 Å². The van der Waals surface area contributed by atoms with E-state index in [1.165, 1.54) is 11.8 Å². The fourth-order valence-electron chi connectivity index (χ4n) is 1.85. The summed E-state index contributed by atoms with van der Waals surface area (Å²) >= 11 is 9.37. The predicted molar refractivity (Wildman–Crippen MR) is 84.0 cm³/mol. The number of halogens is 2. The van der Waals surface area contributed by atoms with E-state index in [1.807, 2.05) is 25.1 Å². The summed E-state index contributed by atoms with van der Waals surface area (Å²) in [5.41, 5.74) is 2.86. The molecule has 0 fully saturated rings. The summed E-state index contributed by atoms with van der Waals surface area (Å²) in [7, 11) is 0. The summed E-state index contributed by atoms with van der Waals surface area (Å²) in [6.07, 6.45) is 1.29. The Balaban J connectivity index is 2.24. The molecule has 2 aromatic carbocycles. The van der Waals surface area contributed by atoms with Crippen LogP contribution in [0.5, 0.6) is 5.75 Å². The molecule has 104 valence electrons. The molecule has 0 aliphatic carbocycles. The first-order chi connectivity index (χ1) is 9.60. The molecular formula is C15H13BrClNO2. The van der Waals surface area contributed by atoms with Crippen LogP contribution in [0.3, 0.4) is 0 Å². The molecular weight excluding hydrogens is 342 g/mol. The Bertz CT molecular complexity index is 644. The molecule has 0 bridgehead atoms. The highest BCUT2D eigenvalue weighted by atomic mass is 79.9. The molecule has 0 spiro atoms. The number of nitrogens with zero attached hydrogens (tertiary/aromatic N) is 1. The van der Waals surface area contributed by atoms with Gasteiger partial charge in [0.2, 0.25) is 0 Å². The van der Waals surface area contributed by atoms with Crippen LogP contribution < -0.4 is 4.74 Å². The number of aryl methyl sites for hydroxylation is 1. The second-order valence-electron chi connectivity index (χ2n) is 4.33. The maximum Gasteiger partial charge on any atom is 0.142 e. The highest BCUT2D eigenvalue weighted by Crippen LogP contribution is 2.32. The Hall–Kier alpha value is -1.52. The molecule has 0 heterocycles. The maximum atomic E-state index is 8.70. The van der Waals surface area contributed by atoms with E-state index in [1.54, 1.807) is 12.1 Å². The molecule has 5 heteroatoms. The summed E-state index contributed by atoms with van der Waals surface area (Å²) < 4.78 is 6.52. The van der Waals surface area contributed by atoms with Gasteiger partial charge in [-0.3, -0.25) is 0 Å². The number of benzene rings is 2. The first-order valence-corrected chi connectivity index (χ1v) is 7.12. The van der Waals surface area contributed by atoms with E-state index in [2.05, 4.69) is 27.2 Å². The van der Waals surface area contributed by atoms with Crippen LogP contribution in [0, 0.1) is 6.92 Å². The second-order valence-corrected chi connectivity index (χ2v) is 5.62. The van der Waals surface area contributed by atoms with Crippen molar-refractivity contribution in [3.8, 4) is 5.75 Å². The molecule has 0 amide bonds. The van der Waals surface area contributed by atoms with Crippen LogP contribution in [0.1, 0.15) is 16.7 Å². The fraction of sp³-hybridized carbons (Fsp3) is 0.133. The lowest BCUT2D eigenvalue weighted by Crippen LogP contribution is -2.00. The van der Waals surface area contributed by atoms with E-state index in [0.717, 1.165) is 5.56 Å². The zero-order valence-electron chi connectivity index (χ0n) is 10.8. The number of oxime groups is 1. The Morgan fingerprint density at radius 1 is 1.35 bits per heavy atom. The number of rotatable bonds is 4. The molecule has 3 nitrogen and oxygen atoms in total. The molecule has 2 aromatic rings. The lowest BCUT2D eigenvalue weighted by atomic mass is 10.1. The van der Waals surface area contributed by atoms with E-state index in [4.69, 9.17) is 21.5 Å². The van der Waals surface area contributed by atoms with Crippen molar-refractivity contribution in [3.05, 3.63) is 62.6 Å². The maximum absolute atomic E-state index is 8.70. The summed E-state index contributed by atoms with van der Waals surface area (Å²) in [6.45, 7) is 2.46. The third-order valence-electron chi connectivity index (χ3n) is 2.70. The molecule has 1 N–H and O–H groups in total. The van der Waals surface area contributed by atoms with Crippen LogP contribution in [0.4, 0.5) is 0 Å². The third kappa shape index (κ3) is 3.74. The zero-order valence-corrected chi connectivity index (χ0v) is 13.1. The number of ether oxygens (including phenoxy) is 1. The average Bonchev–Trinajstić information content (AvgIpc) is 2.38. The Labute approximate surface area is 131 Å². The lowest BCUT2D eigenvalue weighted by Gasteiger charge is -2.12. The minimum Gasteiger partial charge on any atom is -0.487 e. The topological polar surface area (TPSA) is 41.8 Å². The van der Waals surface area contributed by atoms with E-state index in [0.29, 0.717) is 27.4 Å². The van der Waals surface area contributed by atoms with Crippen LogP contribution in [-0.4, -0.2) is 11.4 Å². The van der Waals surface area contributed by atoms with Crippen LogP contribution >= 0.6 is 27.5 Å². The Morgan fingerprint density at radius 3 is 2.85 bits per heavy atom. The quantitative estimate of drug-likeness (QED) is 0.487. The normalized spacial score (nSPS) is 10.9. The van der Waals surface area contributed by atoms with Crippen molar-refractivity contribution in [2.45, 2.75) is 13.5 Å². The summed E-state index contributed by atoms with van der Waals surface area (Å²) in [6, 6.07) is 11.5. The van der Waals surface area contributed by atoms with Crippen molar-refractivity contribution in [3.63, 3.8) is 0 Å². The average molecular weight is 355 g/mol. The minimum atomic E-state index is 0.425. The van der Waals surface area contributed by atoms with E-state index < -0.39 is 0 Å². The van der Waals surface area contributed by atoms with Gasteiger partial charge in [-0.1, -0.05) is 46.6 Å². The summed E-state index contributed by atoms with van der Waals surface area (Å²) in [4.78, 5) is 0. The van der Waals surface area contributed by atoms with Gasteiger partial charge in [-0.15, -0.1) is 0 Å². The number of hydrogen-bond acceptors (Lipinski definition) is 3. The molecule has 0 saturated heterocycles.